The van der Waals surface area contributed by atoms with Crippen molar-refractivity contribution in [2.75, 3.05) is 31.1 Å². The molecule has 1 saturated heterocycles. The summed E-state index contributed by atoms with van der Waals surface area (Å²) in [5, 5.41) is 8.92. The van der Waals surface area contributed by atoms with Gasteiger partial charge < -0.3 is 9.80 Å². The lowest BCUT2D eigenvalue weighted by Crippen LogP contribution is -2.50. The van der Waals surface area contributed by atoms with E-state index >= 15 is 0 Å². The van der Waals surface area contributed by atoms with Crippen molar-refractivity contribution < 1.29 is 4.79 Å². The Morgan fingerprint density at radius 2 is 1.73 bits per heavy atom. The summed E-state index contributed by atoms with van der Waals surface area (Å²) in [6.45, 7) is 5.17. The smallest absolute Gasteiger partial charge is 0.236 e. The monoisotopic (exact) mass is 367 g/mol. The molecule has 6 nitrogen and oxygen atoms in total. The molecule has 134 valence electrons. The quantitative estimate of drug-likeness (QED) is 0.664. The van der Waals surface area contributed by atoms with Crippen LogP contribution >= 0.6 is 11.8 Å². The summed E-state index contributed by atoms with van der Waals surface area (Å²) in [5.74, 6) is 0.162. The Balaban J connectivity index is 1.37. The van der Waals surface area contributed by atoms with Crippen LogP contribution in [0, 0.1) is 0 Å². The highest BCUT2D eigenvalue weighted by Crippen LogP contribution is 2.24. The number of carbonyl (C=O) groups excluding carboxylic acids is 1. The second kappa shape index (κ2) is 7.37. The lowest BCUT2D eigenvalue weighted by atomic mass is 10.2. The van der Waals surface area contributed by atoms with Crippen LogP contribution in [0.3, 0.4) is 0 Å². The lowest BCUT2D eigenvalue weighted by molar-refractivity contribution is -0.130. The normalized spacial score (nSPS) is 16.0. The van der Waals surface area contributed by atoms with E-state index in [4.69, 9.17) is 0 Å². The standard InChI is InChI=1S/C19H21N5OS/c1-15(26-19-21-20-17-9-5-6-10-24(17)19)18(25)23-13-11-22(12-14-23)16-7-3-2-4-8-16/h2-10,15H,11-14H2,1H3/t15-/m0/s1. The summed E-state index contributed by atoms with van der Waals surface area (Å²) in [5.41, 5.74) is 2.02. The van der Waals surface area contributed by atoms with Crippen molar-refractivity contribution in [2.24, 2.45) is 0 Å². The van der Waals surface area contributed by atoms with Crippen LogP contribution in [0.15, 0.2) is 59.9 Å². The summed E-state index contributed by atoms with van der Waals surface area (Å²) in [6.07, 6.45) is 1.92. The van der Waals surface area contributed by atoms with Gasteiger partial charge >= 0.3 is 0 Å². The number of anilines is 1. The van der Waals surface area contributed by atoms with Gasteiger partial charge in [-0.2, -0.15) is 0 Å². The molecule has 26 heavy (non-hydrogen) atoms. The van der Waals surface area contributed by atoms with Gasteiger partial charge in [-0.3, -0.25) is 9.20 Å². The first kappa shape index (κ1) is 16.9. The van der Waals surface area contributed by atoms with Gasteiger partial charge in [0.15, 0.2) is 10.8 Å². The Morgan fingerprint density at radius 1 is 1.00 bits per heavy atom. The minimum atomic E-state index is -0.189. The third-order valence-corrected chi connectivity index (χ3v) is 5.67. The second-order valence-corrected chi connectivity index (χ2v) is 7.63. The van der Waals surface area contributed by atoms with Crippen molar-refractivity contribution in [2.45, 2.75) is 17.3 Å². The van der Waals surface area contributed by atoms with E-state index in [-0.39, 0.29) is 11.2 Å². The predicted octanol–water partition coefficient (Wildman–Crippen LogP) is 2.56. The molecule has 0 aliphatic carbocycles. The molecule has 3 aromatic rings. The van der Waals surface area contributed by atoms with E-state index in [0.717, 1.165) is 37.0 Å². The van der Waals surface area contributed by atoms with E-state index in [1.165, 1.54) is 17.4 Å². The molecule has 0 spiro atoms. The molecule has 0 unspecified atom stereocenters. The molecular weight excluding hydrogens is 346 g/mol. The molecular formula is C19H21N5OS. The number of fused-ring (bicyclic) bond motifs is 1. The van der Waals surface area contributed by atoms with E-state index in [1.54, 1.807) is 0 Å². The molecule has 0 radical (unpaired) electrons. The third-order valence-electron chi connectivity index (χ3n) is 4.63. The van der Waals surface area contributed by atoms with Crippen molar-refractivity contribution >= 4 is 29.0 Å². The largest absolute Gasteiger partial charge is 0.368 e. The van der Waals surface area contributed by atoms with Crippen LogP contribution < -0.4 is 4.90 Å². The zero-order chi connectivity index (χ0) is 17.9. The van der Waals surface area contributed by atoms with Gasteiger partial charge in [-0.1, -0.05) is 36.0 Å². The summed E-state index contributed by atoms with van der Waals surface area (Å²) < 4.78 is 1.92. The fourth-order valence-electron chi connectivity index (χ4n) is 3.19. The lowest BCUT2D eigenvalue weighted by Gasteiger charge is -2.37. The minimum absolute atomic E-state index is 0.162. The second-order valence-electron chi connectivity index (χ2n) is 6.32. The molecule has 0 bridgehead atoms. The first-order valence-electron chi connectivity index (χ1n) is 8.77. The number of nitrogens with zero attached hydrogens (tertiary/aromatic N) is 5. The number of rotatable bonds is 4. The highest BCUT2D eigenvalue weighted by Gasteiger charge is 2.26. The Bertz CT molecular complexity index is 889. The van der Waals surface area contributed by atoms with Crippen LogP contribution in [0.5, 0.6) is 0 Å². The van der Waals surface area contributed by atoms with Gasteiger partial charge in [0.05, 0.1) is 5.25 Å². The number of hydrogen-bond acceptors (Lipinski definition) is 5. The molecule has 0 N–H and O–H groups in total. The molecule has 1 aromatic carbocycles. The van der Waals surface area contributed by atoms with Crippen LogP contribution in [0.1, 0.15) is 6.92 Å². The number of aromatic nitrogens is 3. The average Bonchev–Trinajstić information content (AvgIpc) is 3.11. The van der Waals surface area contributed by atoms with Gasteiger partial charge in [0.2, 0.25) is 5.91 Å². The fraction of sp³-hybridized carbons (Fsp3) is 0.316. The SMILES string of the molecule is C[C@H](Sc1nnc2ccccn12)C(=O)N1CCN(c2ccccc2)CC1. The highest BCUT2D eigenvalue weighted by molar-refractivity contribution is 8.00. The minimum Gasteiger partial charge on any atom is -0.368 e. The Morgan fingerprint density at radius 3 is 2.50 bits per heavy atom. The maximum atomic E-state index is 12.8. The number of thioether (sulfide) groups is 1. The third kappa shape index (κ3) is 3.39. The van der Waals surface area contributed by atoms with Crippen molar-refractivity contribution in [1.29, 1.82) is 0 Å². The molecule has 1 amide bonds. The first-order chi connectivity index (χ1) is 12.7. The Hall–Kier alpha value is -2.54. The van der Waals surface area contributed by atoms with Gasteiger partial charge in [-0.15, -0.1) is 10.2 Å². The Labute approximate surface area is 156 Å². The van der Waals surface area contributed by atoms with Crippen LogP contribution in [-0.2, 0) is 4.79 Å². The van der Waals surface area contributed by atoms with Gasteiger partial charge in [-0.05, 0) is 31.2 Å². The fourth-order valence-corrected chi connectivity index (χ4v) is 4.11. The van der Waals surface area contributed by atoms with Gasteiger partial charge in [-0.25, -0.2) is 0 Å². The molecule has 2 aromatic heterocycles. The maximum absolute atomic E-state index is 12.8. The van der Waals surface area contributed by atoms with Gasteiger partial charge in [0.1, 0.15) is 0 Å². The predicted molar refractivity (Wildman–Crippen MR) is 104 cm³/mol. The van der Waals surface area contributed by atoms with E-state index in [1.807, 2.05) is 46.7 Å². The number of amides is 1. The van der Waals surface area contributed by atoms with E-state index in [9.17, 15) is 4.79 Å². The topological polar surface area (TPSA) is 53.7 Å². The average molecular weight is 367 g/mol. The molecule has 0 saturated carbocycles. The van der Waals surface area contributed by atoms with Crippen LogP contribution in [-0.4, -0.2) is 56.8 Å². The molecule has 3 heterocycles. The highest BCUT2D eigenvalue weighted by atomic mass is 32.2. The zero-order valence-corrected chi connectivity index (χ0v) is 15.5. The maximum Gasteiger partial charge on any atom is 0.236 e. The number of carbonyl (C=O) groups is 1. The number of pyridine rings is 1. The number of piperazine rings is 1. The number of benzene rings is 1. The molecule has 1 fully saturated rings. The van der Waals surface area contributed by atoms with E-state index < -0.39 is 0 Å². The van der Waals surface area contributed by atoms with Crippen molar-refractivity contribution in [1.82, 2.24) is 19.5 Å². The molecule has 4 rings (SSSR count). The van der Waals surface area contributed by atoms with Crippen molar-refractivity contribution in [3.8, 4) is 0 Å². The number of para-hydroxylation sites is 1. The summed E-state index contributed by atoms with van der Waals surface area (Å²) in [4.78, 5) is 17.1. The molecule has 1 atom stereocenters. The van der Waals surface area contributed by atoms with E-state index in [2.05, 4.69) is 39.4 Å². The number of hydrogen-bond donors (Lipinski definition) is 0. The molecule has 1 aliphatic heterocycles. The van der Waals surface area contributed by atoms with Crippen LogP contribution in [0.4, 0.5) is 5.69 Å². The first-order valence-corrected chi connectivity index (χ1v) is 9.65. The summed E-state index contributed by atoms with van der Waals surface area (Å²) in [7, 11) is 0. The van der Waals surface area contributed by atoms with Crippen LogP contribution in [0.25, 0.3) is 5.65 Å². The molecule has 7 heteroatoms. The van der Waals surface area contributed by atoms with Crippen molar-refractivity contribution in [3.05, 3.63) is 54.7 Å². The molecule has 1 aliphatic rings. The summed E-state index contributed by atoms with van der Waals surface area (Å²) in [6, 6.07) is 16.1. The van der Waals surface area contributed by atoms with E-state index in [0.29, 0.717) is 0 Å². The van der Waals surface area contributed by atoms with Crippen molar-refractivity contribution in [3.63, 3.8) is 0 Å². The van der Waals surface area contributed by atoms with Gasteiger partial charge in [0.25, 0.3) is 0 Å². The van der Waals surface area contributed by atoms with Crippen LogP contribution in [0.2, 0.25) is 0 Å². The van der Waals surface area contributed by atoms with Gasteiger partial charge in [0, 0.05) is 38.1 Å². The Kier molecular flexibility index (Phi) is 4.79. The summed E-state index contributed by atoms with van der Waals surface area (Å²) >= 11 is 1.46. The zero-order valence-electron chi connectivity index (χ0n) is 14.7.